The first-order valence-corrected chi connectivity index (χ1v) is 4.98. The third kappa shape index (κ3) is 2.50. The van der Waals surface area contributed by atoms with Gasteiger partial charge in [0.05, 0.1) is 0 Å². The van der Waals surface area contributed by atoms with Crippen LogP contribution in [0.2, 0.25) is 0 Å². The number of nitrogens with zero attached hydrogens (tertiary/aromatic N) is 2. The molecule has 2 aromatic rings. The van der Waals surface area contributed by atoms with Crippen LogP contribution in [0.4, 0.5) is 5.69 Å². The highest BCUT2D eigenvalue weighted by Gasteiger charge is 2.03. The molecule has 5 heteroatoms. The Labute approximate surface area is 93.4 Å². The molecule has 0 fully saturated rings. The maximum Gasteiger partial charge on any atom is 0.264 e. The van der Waals surface area contributed by atoms with Gasteiger partial charge in [-0.15, -0.1) is 0 Å². The molecule has 0 aliphatic carbocycles. The van der Waals surface area contributed by atoms with Crippen LogP contribution in [-0.2, 0) is 6.61 Å². The molecule has 0 unspecified atom stereocenters. The SMILES string of the molecule is CNc1ccc(OCc2nc(C)no2)cc1. The van der Waals surface area contributed by atoms with Crippen LogP contribution in [0.3, 0.4) is 0 Å². The van der Waals surface area contributed by atoms with Crippen molar-refractivity contribution in [1.82, 2.24) is 10.1 Å². The number of anilines is 1. The first-order valence-electron chi connectivity index (χ1n) is 4.98. The van der Waals surface area contributed by atoms with Gasteiger partial charge in [-0.2, -0.15) is 4.98 Å². The van der Waals surface area contributed by atoms with E-state index in [-0.39, 0.29) is 0 Å². The van der Waals surface area contributed by atoms with Crippen molar-refractivity contribution in [3.05, 3.63) is 36.0 Å². The van der Waals surface area contributed by atoms with E-state index in [0.29, 0.717) is 18.3 Å². The van der Waals surface area contributed by atoms with Crippen LogP contribution >= 0.6 is 0 Å². The molecule has 1 heterocycles. The van der Waals surface area contributed by atoms with Gasteiger partial charge in [0, 0.05) is 12.7 Å². The lowest BCUT2D eigenvalue weighted by Gasteiger charge is -2.04. The van der Waals surface area contributed by atoms with Crippen molar-refractivity contribution in [2.45, 2.75) is 13.5 Å². The van der Waals surface area contributed by atoms with Gasteiger partial charge < -0.3 is 14.6 Å². The molecule has 2 rings (SSSR count). The Morgan fingerprint density at radius 1 is 1.31 bits per heavy atom. The van der Waals surface area contributed by atoms with Crippen molar-refractivity contribution in [2.24, 2.45) is 0 Å². The summed E-state index contributed by atoms with van der Waals surface area (Å²) in [5.41, 5.74) is 1.04. The standard InChI is InChI=1S/C11H13N3O2/c1-8-13-11(16-14-8)7-15-10-5-3-9(12-2)4-6-10/h3-6,12H,7H2,1-2H3. The van der Waals surface area contributed by atoms with Crippen LogP contribution < -0.4 is 10.1 Å². The average Bonchev–Trinajstić information content (AvgIpc) is 2.73. The van der Waals surface area contributed by atoms with E-state index in [4.69, 9.17) is 9.26 Å². The Morgan fingerprint density at radius 3 is 2.62 bits per heavy atom. The molecule has 84 valence electrons. The van der Waals surface area contributed by atoms with Crippen molar-refractivity contribution in [3.8, 4) is 5.75 Å². The van der Waals surface area contributed by atoms with Gasteiger partial charge in [-0.05, 0) is 31.2 Å². The van der Waals surface area contributed by atoms with Crippen LogP contribution in [0, 0.1) is 6.92 Å². The summed E-state index contributed by atoms with van der Waals surface area (Å²) in [5.74, 6) is 1.87. The molecule has 0 bridgehead atoms. The smallest absolute Gasteiger partial charge is 0.264 e. The number of hydrogen-bond acceptors (Lipinski definition) is 5. The average molecular weight is 219 g/mol. The maximum atomic E-state index is 5.48. The highest BCUT2D eigenvalue weighted by atomic mass is 16.5. The molecule has 0 saturated carbocycles. The summed E-state index contributed by atoms with van der Waals surface area (Å²) in [6.07, 6.45) is 0. The zero-order chi connectivity index (χ0) is 11.4. The number of ether oxygens (including phenoxy) is 1. The molecular weight excluding hydrogens is 206 g/mol. The van der Waals surface area contributed by atoms with E-state index >= 15 is 0 Å². The second kappa shape index (κ2) is 4.65. The summed E-state index contributed by atoms with van der Waals surface area (Å²) in [4.78, 5) is 4.04. The Kier molecular flexibility index (Phi) is 3.05. The summed E-state index contributed by atoms with van der Waals surface area (Å²) < 4.78 is 10.4. The van der Waals surface area contributed by atoms with Crippen molar-refractivity contribution >= 4 is 5.69 Å². The second-order valence-corrected chi connectivity index (χ2v) is 3.30. The van der Waals surface area contributed by atoms with E-state index in [2.05, 4.69) is 15.5 Å². The van der Waals surface area contributed by atoms with Crippen LogP contribution in [0.15, 0.2) is 28.8 Å². The van der Waals surface area contributed by atoms with E-state index in [1.54, 1.807) is 6.92 Å². The zero-order valence-corrected chi connectivity index (χ0v) is 9.23. The highest BCUT2D eigenvalue weighted by molar-refractivity contribution is 5.45. The lowest BCUT2D eigenvalue weighted by Crippen LogP contribution is -1.96. The molecule has 1 aromatic carbocycles. The highest BCUT2D eigenvalue weighted by Crippen LogP contribution is 2.16. The lowest BCUT2D eigenvalue weighted by atomic mass is 10.3. The molecule has 1 N–H and O–H groups in total. The molecule has 0 saturated heterocycles. The van der Waals surface area contributed by atoms with E-state index in [0.717, 1.165) is 11.4 Å². The fourth-order valence-electron chi connectivity index (χ4n) is 1.26. The molecule has 0 spiro atoms. The van der Waals surface area contributed by atoms with Gasteiger partial charge in [0.15, 0.2) is 12.4 Å². The Balaban J connectivity index is 1.94. The molecule has 0 amide bonds. The molecule has 5 nitrogen and oxygen atoms in total. The van der Waals surface area contributed by atoms with Gasteiger partial charge in [0.25, 0.3) is 5.89 Å². The second-order valence-electron chi connectivity index (χ2n) is 3.30. The van der Waals surface area contributed by atoms with Crippen LogP contribution in [0.1, 0.15) is 11.7 Å². The van der Waals surface area contributed by atoms with E-state index in [9.17, 15) is 0 Å². The lowest BCUT2D eigenvalue weighted by molar-refractivity contribution is 0.242. The van der Waals surface area contributed by atoms with Crippen molar-refractivity contribution < 1.29 is 9.26 Å². The number of aryl methyl sites for hydroxylation is 1. The summed E-state index contributed by atoms with van der Waals surface area (Å²) in [6.45, 7) is 2.06. The topological polar surface area (TPSA) is 60.2 Å². The van der Waals surface area contributed by atoms with Gasteiger partial charge in [-0.25, -0.2) is 0 Å². The minimum atomic E-state index is 0.291. The summed E-state index contributed by atoms with van der Waals surface area (Å²) >= 11 is 0. The van der Waals surface area contributed by atoms with E-state index in [1.807, 2.05) is 31.3 Å². The van der Waals surface area contributed by atoms with Crippen LogP contribution in [0.25, 0.3) is 0 Å². The van der Waals surface area contributed by atoms with Gasteiger partial charge in [0.1, 0.15) is 5.75 Å². The summed E-state index contributed by atoms with van der Waals surface area (Å²) in [6, 6.07) is 7.65. The predicted octanol–water partition coefficient (Wildman–Crippen LogP) is 2.00. The Hall–Kier alpha value is -2.04. The molecular formula is C11H13N3O2. The largest absolute Gasteiger partial charge is 0.484 e. The van der Waals surface area contributed by atoms with Gasteiger partial charge in [0.2, 0.25) is 0 Å². The Bertz CT molecular complexity index is 451. The zero-order valence-electron chi connectivity index (χ0n) is 9.23. The number of rotatable bonds is 4. The van der Waals surface area contributed by atoms with Crippen molar-refractivity contribution in [2.75, 3.05) is 12.4 Å². The third-order valence-electron chi connectivity index (χ3n) is 2.07. The first-order chi connectivity index (χ1) is 7.78. The molecule has 0 radical (unpaired) electrons. The number of aromatic nitrogens is 2. The molecule has 16 heavy (non-hydrogen) atoms. The number of nitrogens with one attached hydrogen (secondary N) is 1. The Morgan fingerprint density at radius 2 is 2.06 bits per heavy atom. The summed E-state index contributed by atoms with van der Waals surface area (Å²) in [7, 11) is 1.87. The predicted molar refractivity (Wildman–Crippen MR) is 59.4 cm³/mol. The molecule has 0 aliphatic heterocycles. The minimum absolute atomic E-state index is 0.291. The normalized spacial score (nSPS) is 10.1. The monoisotopic (exact) mass is 219 g/mol. The van der Waals surface area contributed by atoms with Gasteiger partial charge in [-0.1, -0.05) is 5.16 Å². The van der Waals surface area contributed by atoms with Gasteiger partial charge in [-0.3, -0.25) is 0 Å². The number of benzene rings is 1. The van der Waals surface area contributed by atoms with E-state index in [1.165, 1.54) is 0 Å². The van der Waals surface area contributed by atoms with E-state index < -0.39 is 0 Å². The molecule has 0 atom stereocenters. The maximum absolute atomic E-state index is 5.48. The molecule has 1 aromatic heterocycles. The van der Waals surface area contributed by atoms with Crippen molar-refractivity contribution in [1.29, 1.82) is 0 Å². The van der Waals surface area contributed by atoms with Crippen molar-refractivity contribution in [3.63, 3.8) is 0 Å². The fraction of sp³-hybridized carbons (Fsp3) is 0.273. The van der Waals surface area contributed by atoms with Crippen LogP contribution in [-0.4, -0.2) is 17.2 Å². The quantitative estimate of drug-likeness (QED) is 0.852. The minimum Gasteiger partial charge on any atom is -0.484 e. The summed E-state index contributed by atoms with van der Waals surface area (Å²) in [5, 5.41) is 6.72. The first kappa shape index (κ1) is 10.5. The number of hydrogen-bond donors (Lipinski definition) is 1. The van der Waals surface area contributed by atoms with Crippen LogP contribution in [0.5, 0.6) is 5.75 Å². The van der Waals surface area contributed by atoms with Gasteiger partial charge >= 0.3 is 0 Å². The fourth-order valence-corrected chi connectivity index (χ4v) is 1.26. The third-order valence-corrected chi connectivity index (χ3v) is 2.07. The molecule has 0 aliphatic rings.